The lowest BCUT2D eigenvalue weighted by atomic mass is 10.1. The molecule has 0 aliphatic carbocycles. The fourth-order valence-electron chi connectivity index (χ4n) is 2.88. The molecule has 1 unspecified atom stereocenters. The third-order valence-electron chi connectivity index (χ3n) is 4.33. The van der Waals surface area contributed by atoms with Gasteiger partial charge in [0.25, 0.3) is 4.84 Å². The van der Waals surface area contributed by atoms with Gasteiger partial charge < -0.3 is 14.4 Å². The first kappa shape index (κ1) is 15.4. The quantitative estimate of drug-likeness (QED) is 0.841. The van der Waals surface area contributed by atoms with Crippen LogP contribution in [-0.4, -0.2) is 34.1 Å². The summed E-state index contributed by atoms with van der Waals surface area (Å²) in [7, 11) is 0. The highest BCUT2D eigenvalue weighted by atomic mass is 32.1. The standard InChI is InChI=1S/C16H21N3O2S/c1-11-5-6-13(8-12(11)2)15-17-19(16(22)21-15)10-18-7-3-4-14(20)9-18/h5-6,8,14,20H,3-4,7,9-10H2,1-2H3/p+1/t14-/m0/s1. The largest absolute Gasteiger partial charge is 0.409 e. The maximum atomic E-state index is 9.77. The minimum atomic E-state index is -0.218. The van der Waals surface area contributed by atoms with Gasteiger partial charge in [-0.1, -0.05) is 6.07 Å². The number of hydrogen-bond acceptors (Lipinski definition) is 4. The van der Waals surface area contributed by atoms with Crippen molar-refractivity contribution in [2.24, 2.45) is 0 Å². The van der Waals surface area contributed by atoms with Gasteiger partial charge in [-0.2, -0.15) is 4.68 Å². The molecule has 0 bridgehead atoms. The van der Waals surface area contributed by atoms with Crippen LogP contribution in [0.5, 0.6) is 0 Å². The summed E-state index contributed by atoms with van der Waals surface area (Å²) >= 11 is 5.29. The fraction of sp³-hybridized carbons (Fsp3) is 0.500. The van der Waals surface area contributed by atoms with Gasteiger partial charge in [-0.05, 0) is 62.2 Å². The Hall–Kier alpha value is -1.50. The van der Waals surface area contributed by atoms with Gasteiger partial charge in [0.2, 0.25) is 5.89 Å². The molecule has 118 valence electrons. The van der Waals surface area contributed by atoms with E-state index in [0.29, 0.717) is 17.4 Å². The Morgan fingerprint density at radius 1 is 1.41 bits per heavy atom. The normalized spacial score (nSPS) is 22.0. The summed E-state index contributed by atoms with van der Waals surface area (Å²) in [5.74, 6) is 0.560. The number of aliphatic hydroxyl groups is 1. The topological polar surface area (TPSA) is 55.6 Å². The van der Waals surface area contributed by atoms with E-state index >= 15 is 0 Å². The Balaban J connectivity index is 1.81. The predicted octanol–water partition coefficient (Wildman–Crippen LogP) is 1.49. The molecular formula is C16H22N3O2S+. The summed E-state index contributed by atoms with van der Waals surface area (Å²) in [5, 5.41) is 14.3. The van der Waals surface area contributed by atoms with E-state index in [1.54, 1.807) is 4.68 Å². The Morgan fingerprint density at radius 2 is 2.23 bits per heavy atom. The zero-order valence-corrected chi connectivity index (χ0v) is 13.8. The van der Waals surface area contributed by atoms with Gasteiger partial charge in [0.1, 0.15) is 12.6 Å². The Morgan fingerprint density at radius 3 is 2.95 bits per heavy atom. The molecule has 6 heteroatoms. The van der Waals surface area contributed by atoms with Crippen LogP contribution in [0.25, 0.3) is 11.5 Å². The molecule has 1 fully saturated rings. The molecule has 3 rings (SSSR count). The van der Waals surface area contributed by atoms with Crippen LogP contribution < -0.4 is 4.90 Å². The van der Waals surface area contributed by atoms with Crippen molar-refractivity contribution in [3.63, 3.8) is 0 Å². The van der Waals surface area contributed by atoms with Crippen molar-refractivity contribution in [3.8, 4) is 11.5 Å². The van der Waals surface area contributed by atoms with Gasteiger partial charge in [-0.3, -0.25) is 0 Å². The average Bonchev–Trinajstić information content (AvgIpc) is 2.83. The van der Waals surface area contributed by atoms with Crippen molar-refractivity contribution in [1.82, 2.24) is 9.78 Å². The smallest absolute Gasteiger partial charge is 0.292 e. The number of aromatic nitrogens is 2. The van der Waals surface area contributed by atoms with Gasteiger partial charge in [-0.15, -0.1) is 5.10 Å². The Kier molecular flexibility index (Phi) is 4.42. The molecule has 1 aliphatic rings. The Bertz CT molecular complexity index is 722. The van der Waals surface area contributed by atoms with Crippen LogP contribution in [0.15, 0.2) is 22.6 Å². The van der Waals surface area contributed by atoms with Gasteiger partial charge >= 0.3 is 0 Å². The van der Waals surface area contributed by atoms with Gasteiger partial charge in [0, 0.05) is 5.56 Å². The molecule has 0 amide bonds. The molecule has 0 saturated carbocycles. The molecule has 0 spiro atoms. The van der Waals surface area contributed by atoms with Crippen molar-refractivity contribution in [2.75, 3.05) is 13.1 Å². The molecule has 2 N–H and O–H groups in total. The molecular weight excluding hydrogens is 298 g/mol. The zero-order valence-electron chi connectivity index (χ0n) is 13.0. The molecule has 2 aromatic rings. The minimum Gasteiger partial charge on any atom is -0.409 e. The highest BCUT2D eigenvalue weighted by Gasteiger charge is 2.22. The number of likely N-dealkylation sites (tertiary alicyclic amines) is 1. The summed E-state index contributed by atoms with van der Waals surface area (Å²) < 4.78 is 7.38. The summed E-state index contributed by atoms with van der Waals surface area (Å²) in [6.07, 6.45) is 1.71. The number of piperidine rings is 1. The van der Waals surface area contributed by atoms with Crippen molar-refractivity contribution >= 4 is 12.2 Å². The maximum absolute atomic E-state index is 9.77. The van der Waals surface area contributed by atoms with Crippen LogP contribution in [0.3, 0.4) is 0 Å². The first-order chi connectivity index (χ1) is 10.5. The lowest BCUT2D eigenvalue weighted by Crippen LogP contribution is -3.13. The Labute approximate surface area is 135 Å². The molecule has 2 heterocycles. The van der Waals surface area contributed by atoms with E-state index in [2.05, 4.69) is 31.1 Å². The third-order valence-corrected chi connectivity index (χ3v) is 4.62. The highest BCUT2D eigenvalue weighted by molar-refractivity contribution is 7.71. The number of benzene rings is 1. The maximum Gasteiger partial charge on any atom is 0.292 e. The van der Waals surface area contributed by atoms with E-state index in [1.165, 1.54) is 16.0 Å². The van der Waals surface area contributed by atoms with Gasteiger partial charge in [0.05, 0.1) is 6.54 Å². The molecule has 1 aromatic carbocycles. The lowest BCUT2D eigenvalue weighted by molar-refractivity contribution is -0.931. The first-order valence-corrected chi connectivity index (χ1v) is 8.11. The van der Waals surface area contributed by atoms with Crippen molar-refractivity contribution < 1.29 is 14.4 Å². The van der Waals surface area contributed by atoms with E-state index in [9.17, 15) is 5.11 Å². The van der Waals surface area contributed by atoms with E-state index in [-0.39, 0.29) is 6.10 Å². The number of aliphatic hydroxyl groups excluding tert-OH is 1. The monoisotopic (exact) mass is 320 g/mol. The van der Waals surface area contributed by atoms with E-state index in [1.807, 2.05) is 6.07 Å². The fourth-order valence-corrected chi connectivity index (χ4v) is 3.06. The van der Waals surface area contributed by atoms with Crippen molar-refractivity contribution in [2.45, 2.75) is 39.5 Å². The predicted molar refractivity (Wildman–Crippen MR) is 86.2 cm³/mol. The minimum absolute atomic E-state index is 0.218. The molecule has 2 atom stereocenters. The molecule has 1 saturated heterocycles. The van der Waals surface area contributed by atoms with Gasteiger partial charge in [-0.25, -0.2) is 0 Å². The zero-order chi connectivity index (χ0) is 15.7. The van der Waals surface area contributed by atoms with Crippen LogP contribution >= 0.6 is 12.2 Å². The third kappa shape index (κ3) is 3.29. The summed E-state index contributed by atoms with van der Waals surface area (Å²) in [6.45, 7) is 6.57. The summed E-state index contributed by atoms with van der Waals surface area (Å²) in [5.41, 5.74) is 3.40. The summed E-state index contributed by atoms with van der Waals surface area (Å²) in [4.78, 5) is 1.68. The van der Waals surface area contributed by atoms with Crippen LogP contribution in [-0.2, 0) is 6.67 Å². The average molecular weight is 320 g/mol. The van der Waals surface area contributed by atoms with Gasteiger partial charge in [0.15, 0.2) is 6.67 Å². The van der Waals surface area contributed by atoms with Crippen LogP contribution in [0.2, 0.25) is 0 Å². The number of rotatable bonds is 3. The number of nitrogens with zero attached hydrogens (tertiary/aromatic N) is 2. The first-order valence-electron chi connectivity index (χ1n) is 7.70. The second-order valence-electron chi connectivity index (χ2n) is 6.13. The molecule has 0 radical (unpaired) electrons. The van der Waals surface area contributed by atoms with E-state index in [0.717, 1.165) is 31.5 Å². The van der Waals surface area contributed by atoms with Crippen molar-refractivity contribution in [1.29, 1.82) is 0 Å². The molecule has 22 heavy (non-hydrogen) atoms. The molecule has 5 nitrogen and oxygen atoms in total. The van der Waals surface area contributed by atoms with Crippen LogP contribution in [0, 0.1) is 18.7 Å². The van der Waals surface area contributed by atoms with Crippen LogP contribution in [0.1, 0.15) is 24.0 Å². The SMILES string of the molecule is Cc1ccc(-c2nn(C[NH+]3CCC[C@H](O)C3)c(=S)o2)cc1C. The second-order valence-corrected chi connectivity index (χ2v) is 6.48. The highest BCUT2D eigenvalue weighted by Crippen LogP contribution is 2.20. The molecule has 1 aliphatic heterocycles. The summed E-state index contributed by atoms with van der Waals surface area (Å²) in [6, 6.07) is 6.14. The number of nitrogens with one attached hydrogen (secondary N) is 1. The number of aryl methyl sites for hydroxylation is 2. The second kappa shape index (κ2) is 6.32. The number of hydrogen-bond donors (Lipinski definition) is 2. The molecule has 1 aromatic heterocycles. The number of quaternary nitrogens is 1. The van der Waals surface area contributed by atoms with E-state index < -0.39 is 0 Å². The lowest BCUT2D eigenvalue weighted by Gasteiger charge is -2.26. The van der Waals surface area contributed by atoms with E-state index in [4.69, 9.17) is 16.6 Å². The van der Waals surface area contributed by atoms with Crippen LogP contribution in [0.4, 0.5) is 0 Å². The van der Waals surface area contributed by atoms with Crippen molar-refractivity contribution in [3.05, 3.63) is 34.2 Å².